The van der Waals surface area contributed by atoms with Gasteiger partial charge in [0.1, 0.15) is 6.10 Å². The molecular formula is C14H18ClN3O2. The van der Waals surface area contributed by atoms with Gasteiger partial charge in [-0.25, -0.2) is 5.43 Å². The predicted molar refractivity (Wildman–Crippen MR) is 80.5 cm³/mol. The fourth-order valence-corrected chi connectivity index (χ4v) is 2.14. The van der Waals surface area contributed by atoms with E-state index >= 15 is 0 Å². The van der Waals surface area contributed by atoms with Crippen LogP contribution in [0.3, 0.4) is 0 Å². The number of nitrogens with one attached hydrogen (secondary N) is 1. The van der Waals surface area contributed by atoms with Gasteiger partial charge in [-0.15, -0.1) is 0 Å². The van der Waals surface area contributed by atoms with Gasteiger partial charge in [0, 0.05) is 32.0 Å². The molecule has 1 amide bonds. The number of rotatable bonds is 4. The van der Waals surface area contributed by atoms with Crippen LogP contribution in [0, 0.1) is 0 Å². The van der Waals surface area contributed by atoms with Crippen molar-refractivity contribution < 1.29 is 9.53 Å². The van der Waals surface area contributed by atoms with Crippen molar-refractivity contribution in [3.05, 3.63) is 28.8 Å². The van der Waals surface area contributed by atoms with Gasteiger partial charge in [-0.1, -0.05) is 11.6 Å². The van der Waals surface area contributed by atoms with E-state index in [9.17, 15) is 4.79 Å². The van der Waals surface area contributed by atoms with E-state index < -0.39 is 0 Å². The first-order valence-electron chi connectivity index (χ1n) is 6.49. The molecule has 0 aliphatic carbocycles. The van der Waals surface area contributed by atoms with Gasteiger partial charge in [-0.3, -0.25) is 4.79 Å². The van der Waals surface area contributed by atoms with Gasteiger partial charge < -0.3 is 9.64 Å². The maximum atomic E-state index is 11.7. The smallest absolute Gasteiger partial charge is 0.269 e. The second-order valence-corrected chi connectivity index (χ2v) is 5.24. The minimum absolute atomic E-state index is 0.209. The van der Waals surface area contributed by atoms with E-state index in [0.717, 1.165) is 24.1 Å². The number of nitrogens with zero attached hydrogens (tertiary/aromatic N) is 2. The summed E-state index contributed by atoms with van der Waals surface area (Å²) in [6.45, 7) is 0.639. The molecule has 0 spiro atoms. The molecule has 1 aromatic carbocycles. The van der Waals surface area contributed by atoms with Crippen LogP contribution in [-0.4, -0.2) is 38.9 Å². The zero-order chi connectivity index (χ0) is 14.5. The fourth-order valence-electron chi connectivity index (χ4n) is 1.92. The molecule has 1 aliphatic heterocycles. The molecule has 2 rings (SSSR count). The standard InChI is InChI=1S/C14H18ClN3O2/c1-18(2)11-6-5-10(12(15)8-11)9-16-17-14(19)13-4-3-7-20-13/h5-6,8-9,13H,3-4,7H2,1-2H3,(H,17,19)/b16-9-/t13-/m1/s1. The van der Waals surface area contributed by atoms with E-state index in [0.29, 0.717) is 11.6 Å². The van der Waals surface area contributed by atoms with Gasteiger partial charge >= 0.3 is 0 Å². The molecule has 20 heavy (non-hydrogen) atoms. The summed E-state index contributed by atoms with van der Waals surface area (Å²) in [5.74, 6) is -0.209. The van der Waals surface area contributed by atoms with Crippen molar-refractivity contribution in [2.75, 3.05) is 25.6 Å². The molecule has 0 radical (unpaired) electrons. The molecule has 0 unspecified atom stereocenters. The maximum Gasteiger partial charge on any atom is 0.269 e. The number of hydrogen-bond donors (Lipinski definition) is 1. The molecule has 0 bridgehead atoms. The van der Waals surface area contributed by atoms with Crippen molar-refractivity contribution in [1.82, 2.24) is 5.43 Å². The summed E-state index contributed by atoms with van der Waals surface area (Å²) < 4.78 is 5.27. The molecule has 6 heteroatoms. The zero-order valence-corrected chi connectivity index (χ0v) is 12.4. The van der Waals surface area contributed by atoms with Crippen molar-refractivity contribution in [3.63, 3.8) is 0 Å². The topological polar surface area (TPSA) is 53.9 Å². The molecule has 1 N–H and O–H groups in total. The lowest BCUT2D eigenvalue weighted by Crippen LogP contribution is -2.30. The average Bonchev–Trinajstić information content (AvgIpc) is 2.94. The minimum Gasteiger partial charge on any atom is -0.378 e. The van der Waals surface area contributed by atoms with E-state index in [4.69, 9.17) is 16.3 Å². The van der Waals surface area contributed by atoms with Crippen LogP contribution < -0.4 is 10.3 Å². The van der Waals surface area contributed by atoms with E-state index in [2.05, 4.69) is 10.5 Å². The van der Waals surface area contributed by atoms with Crippen LogP contribution in [0.5, 0.6) is 0 Å². The molecule has 0 saturated carbocycles. The minimum atomic E-state index is -0.376. The Morgan fingerprint density at radius 1 is 1.55 bits per heavy atom. The molecule has 1 atom stereocenters. The number of amides is 1. The van der Waals surface area contributed by atoms with Crippen LogP contribution in [0.25, 0.3) is 0 Å². The number of hydrazone groups is 1. The van der Waals surface area contributed by atoms with E-state index in [-0.39, 0.29) is 12.0 Å². The SMILES string of the molecule is CN(C)c1ccc(/C=N\NC(=O)[C@H]2CCCO2)c(Cl)c1. The van der Waals surface area contributed by atoms with Gasteiger partial charge in [0.05, 0.1) is 11.2 Å². The second kappa shape index (κ2) is 6.72. The number of halogens is 1. The molecule has 1 saturated heterocycles. The van der Waals surface area contributed by atoms with Gasteiger partial charge in [0.25, 0.3) is 5.91 Å². The summed E-state index contributed by atoms with van der Waals surface area (Å²) in [5, 5.41) is 4.51. The van der Waals surface area contributed by atoms with Crippen LogP contribution in [0.15, 0.2) is 23.3 Å². The Kier molecular flexibility index (Phi) is 4.98. The van der Waals surface area contributed by atoms with E-state index in [1.54, 1.807) is 0 Å². The molecule has 108 valence electrons. The lowest BCUT2D eigenvalue weighted by molar-refractivity contribution is -0.130. The number of carbonyl (C=O) groups is 1. The summed E-state index contributed by atoms with van der Waals surface area (Å²) in [5.41, 5.74) is 4.24. The normalized spacial score (nSPS) is 18.4. The Morgan fingerprint density at radius 2 is 2.35 bits per heavy atom. The summed E-state index contributed by atoms with van der Waals surface area (Å²) >= 11 is 6.16. The number of carbonyl (C=O) groups excluding carboxylic acids is 1. The summed E-state index contributed by atoms with van der Waals surface area (Å²) in [6.07, 6.45) is 2.83. The van der Waals surface area contributed by atoms with Crippen molar-refractivity contribution in [1.29, 1.82) is 0 Å². The first-order valence-corrected chi connectivity index (χ1v) is 6.87. The summed E-state index contributed by atoms with van der Waals surface area (Å²) in [4.78, 5) is 13.6. The fraction of sp³-hybridized carbons (Fsp3) is 0.429. The Morgan fingerprint density at radius 3 is 2.95 bits per heavy atom. The van der Waals surface area contributed by atoms with Crippen LogP contribution in [-0.2, 0) is 9.53 Å². The lowest BCUT2D eigenvalue weighted by atomic mass is 10.2. The quantitative estimate of drug-likeness (QED) is 0.683. The molecule has 1 heterocycles. The van der Waals surface area contributed by atoms with E-state index in [1.807, 2.05) is 37.2 Å². The van der Waals surface area contributed by atoms with Crippen LogP contribution in [0.4, 0.5) is 5.69 Å². The third-order valence-electron chi connectivity index (χ3n) is 3.10. The molecule has 1 aliphatic rings. The highest BCUT2D eigenvalue weighted by atomic mass is 35.5. The van der Waals surface area contributed by atoms with Crippen molar-refractivity contribution in [3.8, 4) is 0 Å². The number of anilines is 1. The van der Waals surface area contributed by atoms with Gasteiger partial charge in [0.2, 0.25) is 0 Å². The highest BCUT2D eigenvalue weighted by Gasteiger charge is 2.22. The second-order valence-electron chi connectivity index (χ2n) is 4.84. The van der Waals surface area contributed by atoms with E-state index in [1.165, 1.54) is 6.21 Å². The van der Waals surface area contributed by atoms with Gasteiger partial charge in [-0.2, -0.15) is 5.10 Å². The molecular weight excluding hydrogens is 278 g/mol. The molecule has 0 aromatic heterocycles. The highest BCUT2D eigenvalue weighted by Crippen LogP contribution is 2.21. The van der Waals surface area contributed by atoms with Gasteiger partial charge in [0.15, 0.2) is 0 Å². The Labute approximate surface area is 123 Å². The lowest BCUT2D eigenvalue weighted by Gasteiger charge is -2.13. The Bertz CT molecular complexity index is 511. The predicted octanol–water partition coefficient (Wildman–Crippen LogP) is 2.04. The summed E-state index contributed by atoms with van der Waals surface area (Å²) in [6, 6.07) is 5.65. The Balaban J connectivity index is 1.95. The molecule has 1 aromatic rings. The third kappa shape index (κ3) is 3.71. The monoisotopic (exact) mass is 295 g/mol. The van der Waals surface area contributed by atoms with Crippen LogP contribution >= 0.6 is 11.6 Å². The van der Waals surface area contributed by atoms with Crippen molar-refractivity contribution in [2.24, 2.45) is 5.10 Å². The van der Waals surface area contributed by atoms with Crippen LogP contribution in [0.1, 0.15) is 18.4 Å². The number of ether oxygens (including phenoxy) is 1. The first-order chi connectivity index (χ1) is 9.58. The zero-order valence-electron chi connectivity index (χ0n) is 11.6. The highest BCUT2D eigenvalue weighted by molar-refractivity contribution is 6.33. The van der Waals surface area contributed by atoms with Crippen LogP contribution in [0.2, 0.25) is 5.02 Å². The number of benzene rings is 1. The van der Waals surface area contributed by atoms with Crippen molar-refractivity contribution in [2.45, 2.75) is 18.9 Å². The van der Waals surface area contributed by atoms with Crippen molar-refractivity contribution >= 4 is 29.4 Å². The third-order valence-corrected chi connectivity index (χ3v) is 3.43. The van der Waals surface area contributed by atoms with Gasteiger partial charge in [-0.05, 0) is 31.0 Å². The average molecular weight is 296 g/mol. The summed E-state index contributed by atoms with van der Waals surface area (Å²) in [7, 11) is 3.89. The molecule has 1 fully saturated rings. The Hall–Kier alpha value is -1.59. The number of hydrogen-bond acceptors (Lipinski definition) is 4. The molecule has 5 nitrogen and oxygen atoms in total. The largest absolute Gasteiger partial charge is 0.378 e. The maximum absolute atomic E-state index is 11.7. The first kappa shape index (κ1) is 14.8.